The molecule has 0 amide bonds. The molecule has 0 aromatic carbocycles. The Morgan fingerprint density at radius 3 is 2.50 bits per heavy atom. The van der Waals surface area contributed by atoms with Crippen LogP contribution in [0.1, 0.15) is 66.2 Å². The monoisotopic (exact) mass is 301 g/mol. The molecule has 3 aliphatic rings. The van der Waals surface area contributed by atoms with E-state index in [0.29, 0.717) is 16.2 Å². The molecule has 2 fully saturated rings. The van der Waals surface area contributed by atoms with Crippen LogP contribution in [0.2, 0.25) is 0 Å². The highest BCUT2D eigenvalue weighted by atomic mass is 15.1. The van der Waals surface area contributed by atoms with Crippen molar-refractivity contribution in [2.75, 3.05) is 19.6 Å². The van der Waals surface area contributed by atoms with Gasteiger partial charge in [0.05, 0.1) is 0 Å². The van der Waals surface area contributed by atoms with Crippen molar-refractivity contribution >= 4 is 0 Å². The van der Waals surface area contributed by atoms with Gasteiger partial charge in [0.25, 0.3) is 0 Å². The fourth-order valence-corrected chi connectivity index (χ4v) is 5.16. The molecule has 0 radical (unpaired) electrons. The number of likely N-dealkylation sites (tertiary alicyclic amines) is 1. The van der Waals surface area contributed by atoms with Crippen LogP contribution >= 0.6 is 0 Å². The van der Waals surface area contributed by atoms with Crippen molar-refractivity contribution in [1.82, 2.24) is 4.90 Å². The fraction of sp³-hybridized carbons (Fsp3) is 0.810. The lowest BCUT2D eigenvalue weighted by molar-refractivity contribution is -0.0473. The Morgan fingerprint density at radius 2 is 1.82 bits per heavy atom. The summed E-state index contributed by atoms with van der Waals surface area (Å²) in [5.41, 5.74) is 1.44. The lowest BCUT2D eigenvalue weighted by atomic mass is 9.48. The molecule has 1 spiro atoms. The van der Waals surface area contributed by atoms with Crippen LogP contribution in [0, 0.1) is 22.2 Å². The van der Waals surface area contributed by atoms with Crippen LogP contribution in [0.5, 0.6) is 0 Å². The maximum absolute atomic E-state index is 2.73. The Labute approximate surface area is 137 Å². The standard InChI is InChI=1S/C21H35N/c1-19(2,3)12-15-22-16-13-21(14-17-22)11-7-9-18-8-5-6-10-20(18,21)4/h5-6,8,10,18H,7,9,11-17H2,1-4H3. The lowest BCUT2D eigenvalue weighted by Crippen LogP contribution is -2.53. The zero-order valence-corrected chi connectivity index (χ0v) is 15.2. The van der Waals surface area contributed by atoms with Gasteiger partial charge in [0.1, 0.15) is 0 Å². The summed E-state index contributed by atoms with van der Waals surface area (Å²) in [6.07, 6.45) is 18.1. The second-order valence-corrected chi connectivity index (χ2v) is 9.46. The van der Waals surface area contributed by atoms with Gasteiger partial charge in [-0.1, -0.05) is 58.4 Å². The Bertz CT molecular complexity index is 445. The summed E-state index contributed by atoms with van der Waals surface area (Å²) in [5.74, 6) is 0.785. The van der Waals surface area contributed by atoms with Crippen LogP contribution in [-0.4, -0.2) is 24.5 Å². The highest BCUT2D eigenvalue weighted by molar-refractivity contribution is 5.24. The molecule has 1 saturated carbocycles. The van der Waals surface area contributed by atoms with Crippen LogP contribution in [0.15, 0.2) is 24.3 Å². The minimum atomic E-state index is 0.413. The largest absolute Gasteiger partial charge is 0.303 e. The van der Waals surface area contributed by atoms with Crippen molar-refractivity contribution in [1.29, 1.82) is 0 Å². The Morgan fingerprint density at radius 1 is 1.09 bits per heavy atom. The zero-order chi connectivity index (χ0) is 15.8. The van der Waals surface area contributed by atoms with Gasteiger partial charge < -0.3 is 4.90 Å². The van der Waals surface area contributed by atoms with Gasteiger partial charge in [-0.25, -0.2) is 0 Å². The van der Waals surface area contributed by atoms with E-state index in [0.717, 1.165) is 5.92 Å². The van der Waals surface area contributed by atoms with Crippen LogP contribution < -0.4 is 0 Å². The second kappa shape index (κ2) is 5.82. The maximum Gasteiger partial charge on any atom is -0.00131 e. The highest BCUT2D eigenvalue weighted by Crippen LogP contribution is 2.60. The summed E-state index contributed by atoms with van der Waals surface area (Å²) >= 11 is 0. The molecule has 0 bridgehead atoms. The van der Waals surface area contributed by atoms with Gasteiger partial charge in [-0.3, -0.25) is 0 Å². The molecule has 2 aliphatic carbocycles. The third-order valence-corrected chi connectivity index (χ3v) is 6.97. The first-order valence-electron chi connectivity index (χ1n) is 9.43. The summed E-state index contributed by atoms with van der Waals surface area (Å²) in [5, 5.41) is 0. The van der Waals surface area contributed by atoms with Gasteiger partial charge in [0, 0.05) is 0 Å². The van der Waals surface area contributed by atoms with Crippen molar-refractivity contribution in [3.05, 3.63) is 24.3 Å². The van der Waals surface area contributed by atoms with E-state index in [1.165, 1.54) is 58.2 Å². The van der Waals surface area contributed by atoms with E-state index in [1.807, 2.05) is 0 Å². The molecular formula is C21H35N. The van der Waals surface area contributed by atoms with E-state index in [4.69, 9.17) is 0 Å². The third-order valence-electron chi connectivity index (χ3n) is 6.97. The number of rotatable bonds is 2. The minimum absolute atomic E-state index is 0.413. The number of fused-ring (bicyclic) bond motifs is 2. The van der Waals surface area contributed by atoms with Gasteiger partial charge in [-0.15, -0.1) is 0 Å². The summed E-state index contributed by atoms with van der Waals surface area (Å²) in [7, 11) is 0. The van der Waals surface area contributed by atoms with Gasteiger partial charge >= 0.3 is 0 Å². The van der Waals surface area contributed by atoms with E-state index in [9.17, 15) is 0 Å². The van der Waals surface area contributed by atoms with E-state index in [2.05, 4.69) is 56.9 Å². The quantitative estimate of drug-likeness (QED) is 0.656. The Balaban J connectivity index is 1.66. The van der Waals surface area contributed by atoms with E-state index in [-0.39, 0.29) is 0 Å². The third kappa shape index (κ3) is 2.94. The summed E-state index contributed by atoms with van der Waals surface area (Å²) in [6.45, 7) is 13.6. The molecule has 2 unspecified atom stereocenters. The van der Waals surface area contributed by atoms with E-state index < -0.39 is 0 Å². The number of hydrogen-bond acceptors (Lipinski definition) is 1. The topological polar surface area (TPSA) is 3.24 Å². The molecular weight excluding hydrogens is 266 g/mol. The summed E-state index contributed by atoms with van der Waals surface area (Å²) in [4.78, 5) is 2.73. The first-order chi connectivity index (χ1) is 10.3. The molecule has 3 rings (SSSR count). The fourth-order valence-electron chi connectivity index (χ4n) is 5.16. The molecule has 1 aliphatic heterocycles. The van der Waals surface area contributed by atoms with E-state index in [1.54, 1.807) is 0 Å². The van der Waals surface area contributed by atoms with E-state index >= 15 is 0 Å². The molecule has 22 heavy (non-hydrogen) atoms. The van der Waals surface area contributed by atoms with Crippen molar-refractivity contribution in [2.45, 2.75) is 66.2 Å². The van der Waals surface area contributed by atoms with Crippen molar-refractivity contribution in [3.8, 4) is 0 Å². The summed E-state index contributed by atoms with van der Waals surface area (Å²) < 4.78 is 0. The van der Waals surface area contributed by atoms with Gasteiger partial charge in [-0.2, -0.15) is 0 Å². The molecule has 1 heteroatoms. The molecule has 0 aromatic rings. The number of hydrogen-bond donors (Lipinski definition) is 0. The predicted molar refractivity (Wildman–Crippen MR) is 95.9 cm³/mol. The number of allylic oxidation sites excluding steroid dienone is 4. The first kappa shape index (κ1) is 16.3. The molecule has 2 atom stereocenters. The average molecular weight is 302 g/mol. The van der Waals surface area contributed by atoms with Gasteiger partial charge in [0.2, 0.25) is 0 Å². The lowest BCUT2D eigenvalue weighted by Gasteiger charge is -2.58. The normalized spacial score (nSPS) is 34.8. The predicted octanol–water partition coefficient (Wildman–Crippen LogP) is 5.44. The molecule has 1 heterocycles. The number of piperidine rings is 1. The zero-order valence-electron chi connectivity index (χ0n) is 15.2. The maximum atomic E-state index is 2.73. The smallest absolute Gasteiger partial charge is 0.00131 e. The Kier molecular flexibility index (Phi) is 4.31. The van der Waals surface area contributed by atoms with Crippen molar-refractivity contribution < 1.29 is 0 Å². The van der Waals surface area contributed by atoms with Crippen LogP contribution in [-0.2, 0) is 0 Å². The second-order valence-electron chi connectivity index (χ2n) is 9.46. The first-order valence-corrected chi connectivity index (χ1v) is 9.43. The van der Waals surface area contributed by atoms with Crippen LogP contribution in [0.3, 0.4) is 0 Å². The van der Waals surface area contributed by atoms with Crippen LogP contribution in [0.4, 0.5) is 0 Å². The summed E-state index contributed by atoms with van der Waals surface area (Å²) in [6, 6.07) is 0. The minimum Gasteiger partial charge on any atom is -0.303 e. The number of nitrogens with zero attached hydrogens (tertiary/aromatic N) is 1. The molecule has 1 saturated heterocycles. The molecule has 0 aromatic heterocycles. The van der Waals surface area contributed by atoms with Crippen molar-refractivity contribution in [2.24, 2.45) is 22.2 Å². The molecule has 124 valence electrons. The molecule has 1 nitrogen and oxygen atoms in total. The molecule has 0 N–H and O–H groups in total. The van der Waals surface area contributed by atoms with Crippen molar-refractivity contribution in [3.63, 3.8) is 0 Å². The highest BCUT2D eigenvalue weighted by Gasteiger charge is 2.53. The Hall–Kier alpha value is -0.560. The van der Waals surface area contributed by atoms with Gasteiger partial charge in [-0.05, 0) is 73.9 Å². The van der Waals surface area contributed by atoms with Gasteiger partial charge in [0.15, 0.2) is 0 Å². The van der Waals surface area contributed by atoms with Crippen LogP contribution in [0.25, 0.3) is 0 Å². The SMILES string of the molecule is CC(C)(C)CCN1CCC2(CCCC3C=CC=CC32C)CC1. The average Bonchev–Trinajstić information content (AvgIpc) is 2.47.